The van der Waals surface area contributed by atoms with Gasteiger partial charge in [-0.1, -0.05) is 0 Å². The Morgan fingerprint density at radius 1 is 1.55 bits per heavy atom. The molecule has 6 nitrogen and oxygen atoms in total. The van der Waals surface area contributed by atoms with Crippen LogP contribution in [0.3, 0.4) is 0 Å². The van der Waals surface area contributed by atoms with Gasteiger partial charge in [0.25, 0.3) is 0 Å². The van der Waals surface area contributed by atoms with Gasteiger partial charge in [0.05, 0.1) is 0 Å². The van der Waals surface area contributed by atoms with Gasteiger partial charge in [0, 0.05) is 0 Å². The molecule has 2 amide bonds. The van der Waals surface area contributed by atoms with Crippen molar-refractivity contribution in [3.63, 3.8) is 0 Å². The first kappa shape index (κ1) is 10.0. The molecule has 9 heteroatoms. The number of halogens is 2. The summed E-state index contributed by atoms with van der Waals surface area (Å²) in [5, 5.41) is -4.21. The first-order chi connectivity index (χ1) is 4.67. The van der Waals surface area contributed by atoms with Crippen molar-refractivity contribution in [3.8, 4) is 0 Å². The Kier molecular flexibility index (Phi) is 2.36. The topological polar surface area (TPSA) is 109 Å². The van der Waals surface area contributed by atoms with Crippen LogP contribution in [0.2, 0.25) is 0 Å². The number of urea groups is 1. The fourth-order valence-electron chi connectivity index (χ4n) is 0.208. The van der Waals surface area contributed by atoms with Crippen LogP contribution in [-0.2, 0) is 10.1 Å². The summed E-state index contributed by atoms with van der Waals surface area (Å²) in [4.78, 5) is 9.72. The maximum Gasteiger partial charge on any atom is 0.455 e. The molecular formula is C2H4F2N2O4S. The van der Waals surface area contributed by atoms with Gasteiger partial charge in [-0.2, -0.15) is 17.2 Å². The van der Waals surface area contributed by atoms with E-state index < -0.39 is 21.5 Å². The summed E-state index contributed by atoms with van der Waals surface area (Å²) in [5.74, 6) is 0. The van der Waals surface area contributed by atoms with E-state index in [9.17, 15) is 22.0 Å². The number of rotatable bonds is 2. The van der Waals surface area contributed by atoms with Crippen LogP contribution in [0, 0.1) is 0 Å². The lowest BCUT2D eigenvalue weighted by Crippen LogP contribution is -2.49. The molecule has 0 radical (unpaired) electrons. The summed E-state index contributed by atoms with van der Waals surface area (Å²) in [5.41, 5.74) is 4.17. The zero-order valence-electron chi connectivity index (χ0n) is 4.91. The molecule has 0 aromatic heterocycles. The van der Waals surface area contributed by atoms with Crippen molar-refractivity contribution in [3.05, 3.63) is 0 Å². The Balaban J connectivity index is 4.62. The first-order valence-corrected chi connectivity index (χ1v) is 3.53. The highest BCUT2D eigenvalue weighted by Gasteiger charge is 2.45. The Morgan fingerprint density at radius 3 is 2.00 bits per heavy atom. The van der Waals surface area contributed by atoms with E-state index in [1.54, 1.807) is 0 Å². The minimum Gasteiger partial charge on any atom is -0.351 e. The summed E-state index contributed by atoms with van der Waals surface area (Å²) in [6, 6.07) is -1.76. The monoisotopic (exact) mass is 190 g/mol. The lowest BCUT2D eigenvalue weighted by molar-refractivity contribution is 0.0562. The van der Waals surface area contributed by atoms with Crippen molar-refractivity contribution in [1.82, 2.24) is 5.32 Å². The van der Waals surface area contributed by atoms with Gasteiger partial charge in [-0.3, -0.25) is 9.87 Å². The van der Waals surface area contributed by atoms with E-state index in [2.05, 4.69) is 5.73 Å². The van der Waals surface area contributed by atoms with Gasteiger partial charge in [0.15, 0.2) is 0 Å². The predicted molar refractivity (Wildman–Crippen MR) is 29.2 cm³/mol. The molecule has 0 fully saturated rings. The van der Waals surface area contributed by atoms with Gasteiger partial charge >= 0.3 is 21.5 Å². The van der Waals surface area contributed by atoms with Crippen LogP contribution in [0.5, 0.6) is 0 Å². The fraction of sp³-hybridized carbons (Fsp3) is 0.500. The number of nitrogens with one attached hydrogen (secondary N) is 1. The minimum absolute atomic E-state index is 0.527. The molecule has 0 aliphatic carbocycles. The van der Waals surface area contributed by atoms with Gasteiger partial charge < -0.3 is 5.73 Å². The molecule has 11 heavy (non-hydrogen) atoms. The number of hydrogen-bond donors (Lipinski definition) is 3. The van der Waals surface area contributed by atoms with Crippen LogP contribution in [0.15, 0.2) is 0 Å². The molecule has 0 unspecified atom stereocenters. The molecule has 0 aromatic carbocycles. The smallest absolute Gasteiger partial charge is 0.351 e. The van der Waals surface area contributed by atoms with Crippen LogP contribution in [-0.4, -0.2) is 24.4 Å². The second-order valence-electron chi connectivity index (χ2n) is 1.48. The number of carbonyl (C=O) groups excluding carboxylic acids is 1. The van der Waals surface area contributed by atoms with Gasteiger partial charge in [0.2, 0.25) is 0 Å². The number of hydrogen-bond acceptors (Lipinski definition) is 3. The summed E-state index contributed by atoms with van der Waals surface area (Å²) in [6.45, 7) is 0. The zero-order valence-corrected chi connectivity index (χ0v) is 5.73. The van der Waals surface area contributed by atoms with Crippen molar-refractivity contribution in [2.75, 3.05) is 0 Å². The molecule has 0 saturated heterocycles. The van der Waals surface area contributed by atoms with E-state index in [0.717, 1.165) is 0 Å². The minimum atomic E-state index is -5.64. The zero-order chi connectivity index (χ0) is 9.28. The van der Waals surface area contributed by atoms with Gasteiger partial charge in [-0.05, 0) is 0 Å². The second kappa shape index (κ2) is 2.58. The Hall–Kier alpha value is -0.960. The predicted octanol–water partition coefficient (Wildman–Crippen LogP) is -0.907. The Labute approximate surface area is 60.1 Å². The number of alkyl halides is 2. The molecule has 4 N–H and O–H groups in total. The van der Waals surface area contributed by atoms with E-state index >= 15 is 0 Å². The average Bonchev–Trinajstić information content (AvgIpc) is 1.56. The third-order valence-corrected chi connectivity index (χ3v) is 1.34. The van der Waals surface area contributed by atoms with Crippen molar-refractivity contribution < 1.29 is 26.5 Å². The summed E-state index contributed by atoms with van der Waals surface area (Å²) < 4.78 is 51.1. The third-order valence-electron chi connectivity index (χ3n) is 0.593. The maximum atomic E-state index is 11.9. The number of carbonyl (C=O) groups is 1. The number of nitrogens with two attached hydrogens (primary N) is 1. The maximum absolute atomic E-state index is 11.9. The largest absolute Gasteiger partial charge is 0.455 e. The van der Waals surface area contributed by atoms with E-state index in [4.69, 9.17) is 4.55 Å². The molecular weight excluding hydrogens is 186 g/mol. The standard InChI is InChI=1S/C2H4F2N2O4S/c3-2(4,6-1(5)7)11(8,9)10/h(H3,5,6,7)(H,8,9,10). The summed E-state index contributed by atoms with van der Waals surface area (Å²) in [7, 11) is -5.64. The van der Waals surface area contributed by atoms with E-state index in [1.807, 2.05) is 0 Å². The van der Waals surface area contributed by atoms with Gasteiger partial charge in [-0.25, -0.2) is 4.79 Å². The quantitative estimate of drug-likeness (QED) is 0.386. The molecule has 0 spiro atoms. The van der Waals surface area contributed by atoms with Crippen molar-refractivity contribution >= 4 is 16.1 Å². The molecule has 0 bridgehead atoms. The van der Waals surface area contributed by atoms with Crippen molar-refractivity contribution in [2.45, 2.75) is 5.38 Å². The molecule has 0 rings (SSSR count). The van der Waals surface area contributed by atoms with Gasteiger partial charge in [-0.15, -0.1) is 0 Å². The van der Waals surface area contributed by atoms with E-state index in [0.29, 0.717) is 5.32 Å². The highest BCUT2D eigenvalue weighted by Crippen LogP contribution is 2.15. The molecule has 66 valence electrons. The molecule has 0 saturated carbocycles. The van der Waals surface area contributed by atoms with Crippen LogP contribution < -0.4 is 11.1 Å². The fourth-order valence-corrected chi connectivity index (χ4v) is 0.437. The van der Waals surface area contributed by atoms with Gasteiger partial charge in [0.1, 0.15) is 0 Å². The normalized spacial score (nSPS) is 12.6. The number of primary amides is 1. The summed E-state index contributed by atoms with van der Waals surface area (Å²) >= 11 is 0. The molecule has 0 aliphatic rings. The van der Waals surface area contributed by atoms with Crippen LogP contribution in [0.4, 0.5) is 13.6 Å². The summed E-state index contributed by atoms with van der Waals surface area (Å²) in [6.07, 6.45) is 0. The number of amides is 2. The highest BCUT2D eigenvalue weighted by atomic mass is 32.2. The van der Waals surface area contributed by atoms with Crippen molar-refractivity contribution in [1.29, 1.82) is 0 Å². The average molecular weight is 190 g/mol. The lowest BCUT2D eigenvalue weighted by atomic mass is 11.0. The highest BCUT2D eigenvalue weighted by molar-refractivity contribution is 7.86. The SMILES string of the molecule is NC(=O)NC(F)(F)S(=O)(=O)O. The first-order valence-electron chi connectivity index (χ1n) is 2.09. The lowest BCUT2D eigenvalue weighted by Gasteiger charge is -2.11. The van der Waals surface area contributed by atoms with Crippen LogP contribution in [0.1, 0.15) is 0 Å². The molecule has 0 aromatic rings. The van der Waals surface area contributed by atoms with E-state index in [1.165, 1.54) is 0 Å². The molecule has 0 heterocycles. The molecule has 0 aliphatic heterocycles. The third kappa shape index (κ3) is 2.63. The van der Waals surface area contributed by atoms with Crippen molar-refractivity contribution in [2.24, 2.45) is 5.73 Å². The Morgan fingerprint density at radius 2 is 1.91 bits per heavy atom. The van der Waals surface area contributed by atoms with E-state index in [-0.39, 0.29) is 0 Å². The van der Waals surface area contributed by atoms with Crippen LogP contribution >= 0.6 is 0 Å². The van der Waals surface area contributed by atoms with Crippen LogP contribution in [0.25, 0.3) is 0 Å². The molecule has 0 atom stereocenters. The second-order valence-corrected chi connectivity index (χ2v) is 2.94. The Bertz CT molecular complexity index is 259.